The highest BCUT2D eigenvalue weighted by atomic mass is 35.5. The van der Waals surface area contributed by atoms with Crippen molar-refractivity contribution in [1.29, 1.82) is 0 Å². The van der Waals surface area contributed by atoms with E-state index in [9.17, 15) is 9.70 Å². The number of ketones is 1. The van der Waals surface area contributed by atoms with Crippen LogP contribution in [0.5, 0.6) is 5.75 Å². The molecule has 0 N–H and O–H groups in total. The van der Waals surface area contributed by atoms with Crippen LogP contribution < -0.4 is 4.74 Å². The molecule has 0 spiro atoms. The maximum absolute atomic E-state index is 11.5. The largest absolute Gasteiger partial charge is 0.491 e. The SMILES string of the molecule is O=NC(CCl)COc1cccc2c1CCC2=O. The van der Waals surface area contributed by atoms with Gasteiger partial charge in [0, 0.05) is 17.5 Å². The number of ether oxygens (including phenoxy) is 1. The van der Waals surface area contributed by atoms with Gasteiger partial charge in [0.15, 0.2) is 5.78 Å². The number of carbonyl (C=O) groups excluding carboxylic acids is 1. The standard InChI is InChI=1S/C12H12ClNO3/c13-6-8(14-16)7-17-12-3-1-2-9-10(12)4-5-11(9)15/h1-3,8H,4-7H2. The first kappa shape index (κ1) is 12.0. The Kier molecular flexibility index (Phi) is 3.74. The normalized spacial score (nSPS) is 15.5. The van der Waals surface area contributed by atoms with Crippen LogP contribution in [0.25, 0.3) is 0 Å². The number of halogens is 1. The summed E-state index contributed by atoms with van der Waals surface area (Å²) in [4.78, 5) is 21.9. The number of benzene rings is 1. The molecule has 17 heavy (non-hydrogen) atoms. The highest BCUT2D eigenvalue weighted by Crippen LogP contribution is 2.30. The molecule has 0 saturated heterocycles. The van der Waals surface area contributed by atoms with Gasteiger partial charge in [0.05, 0.1) is 5.88 Å². The predicted molar refractivity (Wildman–Crippen MR) is 64.9 cm³/mol. The second-order valence-electron chi connectivity index (χ2n) is 3.93. The number of carbonyl (C=O) groups is 1. The first-order chi connectivity index (χ1) is 8.26. The molecule has 0 saturated carbocycles. The Morgan fingerprint density at radius 3 is 2.94 bits per heavy atom. The van der Waals surface area contributed by atoms with E-state index < -0.39 is 6.04 Å². The number of alkyl halides is 1. The van der Waals surface area contributed by atoms with Crippen LogP contribution in [0.3, 0.4) is 0 Å². The van der Waals surface area contributed by atoms with Gasteiger partial charge < -0.3 is 4.74 Å². The maximum atomic E-state index is 11.5. The molecule has 1 atom stereocenters. The molecule has 1 aliphatic rings. The van der Waals surface area contributed by atoms with Crippen LogP contribution in [-0.2, 0) is 6.42 Å². The van der Waals surface area contributed by atoms with Crippen molar-refractivity contribution in [3.63, 3.8) is 0 Å². The third-order valence-corrected chi connectivity index (χ3v) is 3.15. The van der Waals surface area contributed by atoms with Crippen molar-refractivity contribution < 1.29 is 9.53 Å². The zero-order valence-electron chi connectivity index (χ0n) is 9.19. The van der Waals surface area contributed by atoms with Crippen molar-refractivity contribution in [3.05, 3.63) is 34.2 Å². The number of hydrogen-bond donors (Lipinski definition) is 0. The highest BCUT2D eigenvalue weighted by molar-refractivity contribution is 6.18. The summed E-state index contributed by atoms with van der Waals surface area (Å²) in [5.74, 6) is 0.942. The smallest absolute Gasteiger partial charge is 0.163 e. The van der Waals surface area contributed by atoms with E-state index in [-0.39, 0.29) is 18.3 Å². The number of hydrogen-bond acceptors (Lipinski definition) is 4. The minimum absolute atomic E-state index is 0.136. The first-order valence-corrected chi connectivity index (χ1v) is 5.96. The molecule has 1 aromatic rings. The van der Waals surface area contributed by atoms with E-state index in [1.54, 1.807) is 18.2 Å². The van der Waals surface area contributed by atoms with Crippen molar-refractivity contribution in [2.75, 3.05) is 12.5 Å². The van der Waals surface area contributed by atoms with Gasteiger partial charge in [-0.05, 0) is 12.5 Å². The molecule has 0 radical (unpaired) electrons. The molecule has 2 rings (SSSR count). The first-order valence-electron chi connectivity index (χ1n) is 5.42. The Morgan fingerprint density at radius 2 is 2.24 bits per heavy atom. The summed E-state index contributed by atoms with van der Waals surface area (Å²) in [6.45, 7) is 0.150. The fourth-order valence-electron chi connectivity index (χ4n) is 1.88. The molecule has 5 heteroatoms. The van der Waals surface area contributed by atoms with Gasteiger partial charge in [0.1, 0.15) is 18.4 Å². The molecule has 4 nitrogen and oxygen atoms in total. The lowest BCUT2D eigenvalue weighted by Gasteiger charge is -2.11. The number of nitrogens with zero attached hydrogens (tertiary/aromatic N) is 1. The zero-order valence-corrected chi connectivity index (χ0v) is 9.94. The monoisotopic (exact) mass is 253 g/mol. The van der Waals surface area contributed by atoms with Gasteiger partial charge in [0.25, 0.3) is 0 Å². The summed E-state index contributed by atoms with van der Waals surface area (Å²) in [6.07, 6.45) is 1.23. The second kappa shape index (κ2) is 5.27. The van der Waals surface area contributed by atoms with Gasteiger partial charge in [-0.25, -0.2) is 0 Å². The van der Waals surface area contributed by atoms with E-state index in [0.29, 0.717) is 18.6 Å². The average Bonchev–Trinajstić information content (AvgIpc) is 2.73. The average molecular weight is 254 g/mol. The molecule has 1 unspecified atom stereocenters. The Bertz CT molecular complexity index is 447. The van der Waals surface area contributed by atoms with Gasteiger partial charge in [0.2, 0.25) is 0 Å². The Morgan fingerprint density at radius 1 is 1.41 bits per heavy atom. The lowest BCUT2D eigenvalue weighted by Crippen LogP contribution is -2.17. The molecule has 0 amide bonds. The van der Waals surface area contributed by atoms with Gasteiger partial charge in [-0.15, -0.1) is 11.6 Å². The summed E-state index contributed by atoms with van der Waals surface area (Å²) in [5.41, 5.74) is 1.65. The fraction of sp³-hybridized carbons (Fsp3) is 0.417. The van der Waals surface area contributed by atoms with Crippen LogP contribution in [0.4, 0.5) is 0 Å². The van der Waals surface area contributed by atoms with Crippen LogP contribution in [0, 0.1) is 4.91 Å². The molecule has 0 aromatic heterocycles. The molecule has 1 aromatic carbocycles. The van der Waals surface area contributed by atoms with E-state index in [0.717, 1.165) is 11.1 Å². The zero-order chi connectivity index (χ0) is 12.3. The van der Waals surface area contributed by atoms with Crippen LogP contribution >= 0.6 is 11.6 Å². The van der Waals surface area contributed by atoms with E-state index in [4.69, 9.17) is 16.3 Å². The second-order valence-corrected chi connectivity index (χ2v) is 4.24. The Hall–Kier alpha value is -1.42. The van der Waals surface area contributed by atoms with Crippen LogP contribution in [-0.4, -0.2) is 24.3 Å². The molecular weight excluding hydrogens is 242 g/mol. The number of rotatable bonds is 5. The Balaban J connectivity index is 2.12. The number of fused-ring (bicyclic) bond motifs is 1. The van der Waals surface area contributed by atoms with Crippen LogP contribution in [0.2, 0.25) is 0 Å². The number of Topliss-reactive ketones (excluding diaryl/α,β-unsaturated/α-hetero) is 1. The summed E-state index contributed by atoms with van der Waals surface area (Å²) in [6, 6.07) is 4.83. The summed E-state index contributed by atoms with van der Waals surface area (Å²) in [5, 5.41) is 2.86. The van der Waals surface area contributed by atoms with Crippen LogP contribution in [0.15, 0.2) is 23.4 Å². The number of nitroso groups, excluding NO2 is 1. The van der Waals surface area contributed by atoms with E-state index in [1.165, 1.54) is 0 Å². The predicted octanol–water partition coefficient (Wildman–Crippen LogP) is 2.57. The minimum Gasteiger partial charge on any atom is -0.491 e. The van der Waals surface area contributed by atoms with Crippen molar-refractivity contribution in [1.82, 2.24) is 0 Å². The topological polar surface area (TPSA) is 55.7 Å². The molecule has 0 heterocycles. The summed E-state index contributed by atoms with van der Waals surface area (Å²) in [7, 11) is 0. The molecule has 0 fully saturated rings. The van der Waals surface area contributed by atoms with Crippen LogP contribution in [0.1, 0.15) is 22.3 Å². The molecule has 90 valence electrons. The lowest BCUT2D eigenvalue weighted by molar-refractivity contribution is 0.0994. The van der Waals surface area contributed by atoms with Gasteiger partial charge in [-0.1, -0.05) is 17.3 Å². The van der Waals surface area contributed by atoms with Gasteiger partial charge in [-0.2, -0.15) is 4.91 Å². The van der Waals surface area contributed by atoms with Gasteiger partial charge >= 0.3 is 0 Å². The quantitative estimate of drug-likeness (QED) is 0.599. The highest BCUT2D eigenvalue weighted by Gasteiger charge is 2.23. The van der Waals surface area contributed by atoms with Crippen molar-refractivity contribution >= 4 is 17.4 Å². The van der Waals surface area contributed by atoms with E-state index in [2.05, 4.69) is 5.18 Å². The van der Waals surface area contributed by atoms with Crippen molar-refractivity contribution in [2.45, 2.75) is 18.9 Å². The molecule has 1 aliphatic carbocycles. The third-order valence-electron chi connectivity index (χ3n) is 2.79. The van der Waals surface area contributed by atoms with E-state index >= 15 is 0 Å². The summed E-state index contributed by atoms with van der Waals surface area (Å²) >= 11 is 5.55. The van der Waals surface area contributed by atoms with Gasteiger partial charge in [-0.3, -0.25) is 4.79 Å². The van der Waals surface area contributed by atoms with E-state index in [1.807, 2.05) is 0 Å². The van der Waals surface area contributed by atoms with Crippen molar-refractivity contribution in [2.24, 2.45) is 5.18 Å². The molecule has 0 bridgehead atoms. The maximum Gasteiger partial charge on any atom is 0.163 e. The third kappa shape index (κ3) is 2.47. The summed E-state index contributed by atoms with van der Waals surface area (Å²) < 4.78 is 5.51. The fourth-order valence-corrected chi connectivity index (χ4v) is 2.03. The molecular formula is C12H12ClNO3. The van der Waals surface area contributed by atoms with Crippen molar-refractivity contribution in [3.8, 4) is 5.75 Å². The Labute approximate surface area is 104 Å². The lowest BCUT2D eigenvalue weighted by atomic mass is 10.1. The molecule has 0 aliphatic heterocycles. The minimum atomic E-state index is -0.551.